The van der Waals surface area contributed by atoms with Crippen molar-refractivity contribution in [3.05, 3.63) is 53.9 Å². The summed E-state index contributed by atoms with van der Waals surface area (Å²) in [4.78, 5) is 26.8. The molecule has 0 bridgehead atoms. The lowest BCUT2D eigenvalue weighted by Gasteiger charge is -2.12. The second-order valence-corrected chi connectivity index (χ2v) is 5.88. The summed E-state index contributed by atoms with van der Waals surface area (Å²) in [7, 11) is 3.94. The molecule has 1 aromatic carbocycles. The number of hydrogen-bond donors (Lipinski definition) is 1. The molecule has 0 fully saturated rings. The second kappa shape index (κ2) is 6.53. The van der Waals surface area contributed by atoms with Gasteiger partial charge in [-0.2, -0.15) is 0 Å². The van der Waals surface area contributed by atoms with Crippen molar-refractivity contribution in [3.8, 4) is 10.7 Å². The van der Waals surface area contributed by atoms with Gasteiger partial charge in [-0.15, -0.1) is 11.3 Å². The number of anilines is 2. The van der Waals surface area contributed by atoms with Crippen LogP contribution in [0.15, 0.2) is 48.2 Å². The Morgan fingerprint density at radius 1 is 1.17 bits per heavy atom. The SMILES string of the molecule is CN(C)c1ccc(NC(=O)c2csc(-c3cnccn3)n2)cc1. The third-order valence-electron chi connectivity index (χ3n) is 3.16. The van der Waals surface area contributed by atoms with Crippen LogP contribution < -0.4 is 10.2 Å². The van der Waals surface area contributed by atoms with Gasteiger partial charge in [0.15, 0.2) is 0 Å². The molecule has 2 aromatic heterocycles. The fourth-order valence-corrected chi connectivity index (χ4v) is 2.70. The molecule has 1 amide bonds. The standard InChI is InChI=1S/C16H15N5OS/c1-21(2)12-5-3-11(4-6-12)19-15(22)14-10-23-16(20-14)13-9-17-7-8-18-13/h3-10H,1-2H3,(H,19,22). The summed E-state index contributed by atoms with van der Waals surface area (Å²) in [5.74, 6) is -0.242. The maximum atomic E-state index is 12.3. The monoisotopic (exact) mass is 325 g/mol. The molecule has 0 unspecified atom stereocenters. The van der Waals surface area contributed by atoms with Crippen LogP contribution in [0.5, 0.6) is 0 Å². The van der Waals surface area contributed by atoms with Gasteiger partial charge in [-0.25, -0.2) is 4.98 Å². The van der Waals surface area contributed by atoms with E-state index in [1.54, 1.807) is 24.0 Å². The summed E-state index contributed by atoms with van der Waals surface area (Å²) < 4.78 is 0. The number of amides is 1. The van der Waals surface area contributed by atoms with E-state index in [9.17, 15) is 4.79 Å². The van der Waals surface area contributed by atoms with E-state index in [0.717, 1.165) is 11.4 Å². The van der Waals surface area contributed by atoms with Crippen molar-refractivity contribution in [2.75, 3.05) is 24.3 Å². The van der Waals surface area contributed by atoms with Crippen molar-refractivity contribution >= 4 is 28.6 Å². The highest BCUT2D eigenvalue weighted by molar-refractivity contribution is 7.13. The number of nitrogens with zero attached hydrogens (tertiary/aromatic N) is 4. The molecule has 7 heteroatoms. The summed E-state index contributed by atoms with van der Waals surface area (Å²) in [6, 6.07) is 7.62. The smallest absolute Gasteiger partial charge is 0.275 e. The van der Waals surface area contributed by atoms with E-state index in [1.807, 2.05) is 43.3 Å². The van der Waals surface area contributed by atoms with E-state index >= 15 is 0 Å². The summed E-state index contributed by atoms with van der Waals surface area (Å²) >= 11 is 1.37. The van der Waals surface area contributed by atoms with Crippen LogP contribution in [0, 0.1) is 0 Å². The Kier molecular flexibility index (Phi) is 4.29. The van der Waals surface area contributed by atoms with Gasteiger partial charge in [-0.05, 0) is 24.3 Å². The van der Waals surface area contributed by atoms with E-state index in [0.29, 0.717) is 16.4 Å². The maximum Gasteiger partial charge on any atom is 0.275 e. The van der Waals surface area contributed by atoms with Crippen LogP contribution >= 0.6 is 11.3 Å². The zero-order valence-corrected chi connectivity index (χ0v) is 13.5. The lowest BCUT2D eigenvalue weighted by molar-refractivity contribution is 0.102. The number of carbonyl (C=O) groups excluding carboxylic acids is 1. The van der Waals surface area contributed by atoms with Crippen molar-refractivity contribution < 1.29 is 4.79 Å². The molecule has 0 aliphatic rings. The van der Waals surface area contributed by atoms with Gasteiger partial charge in [0.2, 0.25) is 0 Å². The molecule has 6 nitrogen and oxygen atoms in total. The first kappa shape index (κ1) is 15.1. The van der Waals surface area contributed by atoms with Crippen molar-refractivity contribution in [3.63, 3.8) is 0 Å². The Morgan fingerprint density at radius 3 is 2.61 bits per heavy atom. The normalized spacial score (nSPS) is 10.3. The number of nitrogens with one attached hydrogen (secondary N) is 1. The number of benzene rings is 1. The summed E-state index contributed by atoms with van der Waals surface area (Å²) in [5, 5.41) is 5.23. The number of hydrogen-bond acceptors (Lipinski definition) is 6. The Labute approximate surface area is 137 Å². The quantitative estimate of drug-likeness (QED) is 0.798. The molecular weight excluding hydrogens is 310 g/mol. The average Bonchev–Trinajstić information content (AvgIpc) is 3.06. The molecule has 23 heavy (non-hydrogen) atoms. The van der Waals surface area contributed by atoms with Gasteiger partial charge < -0.3 is 10.2 Å². The third kappa shape index (κ3) is 3.51. The first-order valence-corrected chi connectivity index (χ1v) is 7.82. The van der Waals surface area contributed by atoms with E-state index in [1.165, 1.54) is 11.3 Å². The van der Waals surface area contributed by atoms with Gasteiger partial charge in [-0.3, -0.25) is 14.8 Å². The van der Waals surface area contributed by atoms with Gasteiger partial charge in [0, 0.05) is 43.2 Å². The maximum absolute atomic E-state index is 12.3. The van der Waals surface area contributed by atoms with E-state index in [4.69, 9.17) is 0 Å². The minimum Gasteiger partial charge on any atom is -0.378 e. The molecular formula is C16H15N5OS. The molecule has 3 rings (SSSR count). The molecule has 0 aliphatic heterocycles. The van der Waals surface area contributed by atoms with Crippen LogP contribution in [-0.4, -0.2) is 35.0 Å². The van der Waals surface area contributed by atoms with Gasteiger partial charge in [-0.1, -0.05) is 0 Å². The molecule has 2 heterocycles. The molecule has 0 spiro atoms. The number of carbonyl (C=O) groups is 1. The molecule has 0 aliphatic carbocycles. The predicted molar refractivity (Wildman–Crippen MR) is 91.9 cm³/mol. The zero-order valence-electron chi connectivity index (χ0n) is 12.7. The fraction of sp³-hybridized carbons (Fsp3) is 0.125. The molecule has 3 aromatic rings. The van der Waals surface area contributed by atoms with Crippen LogP contribution in [0.1, 0.15) is 10.5 Å². The van der Waals surface area contributed by atoms with Gasteiger partial charge in [0.1, 0.15) is 16.4 Å². The molecule has 0 saturated carbocycles. The highest BCUT2D eigenvalue weighted by atomic mass is 32.1. The van der Waals surface area contributed by atoms with Crippen LogP contribution in [0.2, 0.25) is 0 Å². The van der Waals surface area contributed by atoms with E-state index < -0.39 is 0 Å². The Morgan fingerprint density at radius 2 is 1.96 bits per heavy atom. The summed E-state index contributed by atoms with van der Waals surface area (Å²) in [6.45, 7) is 0. The highest BCUT2D eigenvalue weighted by Crippen LogP contribution is 2.22. The highest BCUT2D eigenvalue weighted by Gasteiger charge is 2.13. The topological polar surface area (TPSA) is 71.0 Å². The number of aromatic nitrogens is 3. The van der Waals surface area contributed by atoms with Crippen LogP contribution in [0.4, 0.5) is 11.4 Å². The molecule has 0 saturated heterocycles. The lowest BCUT2D eigenvalue weighted by atomic mass is 10.2. The molecule has 0 radical (unpaired) electrons. The molecule has 116 valence electrons. The molecule has 0 atom stereocenters. The first-order valence-electron chi connectivity index (χ1n) is 6.94. The van der Waals surface area contributed by atoms with Crippen molar-refractivity contribution in [1.82, 2.24) is 15.0 Å². The number of rotatable bonds is 4. The van der Waals surface area contributed by atoms with Gasteiger partial charge in [0.05, 0.1) is 6.20 Å². The average molecular weight is 325 g/mol. The summed E-state index contributed by atoms with van der Waals surface area (Å²) in [5.41, 5.74) is 2.83. The van der Waals surface area contributed by atoms with Gasteiger partial charge >= 0.3 is 0 Å². The fourth-order valence-electron chi connectivity index (χ4n) is 1.94. The van der Waals surface area contributed by atoms with Crippen LogP contribution in [0.25, 0.3) is 10.7 Å². The Balaban J connectivity index is 1.72. The first-order chi connectivity index (χ1) is 11.1. The Bertz CT molecular complexity index is 799. The third-order valence-corrected chi connectivity index (χ3v) is 4.03. The van der Waals surface area contributed by atoms with Crippen molar-refractivity contribution in [2.24, 2.45) is 0 Å². The second-order valence-electron chi connectivity index (χ2n) is 5.02. The lowest BCUT2D eigenvalue weighted by Crippen LogP contribution is -2.13. The minimum atomic E-state index is -0.242. The largest absolute Gasteiger partial charge is 0.378 e. The van der Waals surface area contributed by atoms with E-state index in [-0.39, 0.29) is 5.91 Å². The minimum absolute atomic E-state index is 0.242. The van der Waals surface area contributed by atoms with Crippen molar-refractivity contribution in [2.45, 2.75) is 0 Å². The van der Waals surface area contributed by atoms with E-state index in [2.05, 4.69) is 20.3 Å². The zero-order chi connectivity index (χ0) is 16.2. The van der Waals surface area contributed by atoms with Crippen molar-refractivity contribution in [1.29, 1.82) is 0 Å². The molecule has 1 N–H and O–H groups in total. The summed E-state index contributed by atoms with van der Waals surface area (Å²) in [6.07, 6.45) is 4.82. The van der Waals surface area contributed by atoms with Crippen LogP contribution in [-0.2, 0) is 0 Å². The number of thiazole rings is 1. The Hall–Kier alpha value is -2.80. The van der Waals surface area contributed by atoms with Crippen LogP contribution in [0.3, 0.4) is 0 Å². The van der Waals surface area contributed by atoms with Gasteiger partial charge in [0.25, 0.3) is 5.91 Å². The predicted octanol–water partition coefficient (Wildman–Crippen LogP) is 2.92.